The summed E-state index contributed by atoms with van der Waals surface area (Å²) in [5.74, 6) is -0.369. The minimum atomic E-state index is -4.62. The van der Waals surface area contributed by atoms with Crippen LogP contribution in [0.5, 0.6) is 0 Å². The second kappa shape index (κ2) is 11.2. The summed E-state index contributed by atoms with van der Waals surface area (Å²) in [6.07, 6.45) is 3.89. The molecule has 0 atom stereocenters. The second-order valence-corrected chi connectivity index (χ2v) is 9.72. The number of benzene rings is 1. The quantitative estimate of drug-likeness (QED) is 0.418. The van der Waals surface area contributed by atoms with Crippen LogP contribution in [-0.2, 0) is 17.4 Å². The summed E-state index contributed by atoms with van der Waals surface area (Å²) in [6, 6.07) is 10.8. The first-order valence-electron chi connectivity index (χ1n) is 12.5. The van der Waals surface area contributed by atoms with Gasteiger partial charge < -0.3 is 14.8 Å². The van der Waals surface area contributed by atoms with Gasteiger partial charge in [0.15, 0.2) is 0 Å². The van der Waals surface area contributed by atoms with Crippen LogP contribution in [0.25, 0.3) is 0 Å². The van der Waals surface area contributed by atoms with Gasteiger partial charge in [-0.25, -0.2) is 0 Å². The van der Waals surface area contributed by atoms with Gasteiger partial charge in [0.05, 0.1) is 11.1 Å². The Kier molecular flexibility index (Phi) is 8.00. The smallest absolute Gasteiger partial charge is 0.350 e. The maximum atomic E-state index is 13.5. The van der Waals surface area contributed by atoms with E-state index in [0.29, 0.717) is 31.6 Å². The molecular formula is C28H31F3N4O2. The van der Waals surface area contributed by atoms with Crippen molar-refractivity contribution < 1.29 is 22.8 Å². The lowest BCUT2D eigenvalue weighted by atomic mass is 9.89. The fourth-order valence-electron chi connectivity index (χ4n) is 4.63. The van der Waals surface area contributed by atoms with Crippen molar-refractivity contribution in [3.8, 4) is 0 Å². The molecule has 6 nitrogen and oxygen atoms in total. The number of hydrogen-bond acceptors (Lipinski definition) is 3. The minimum Gasteiger partial charge on any atom is -0.350 e. The van der Waals surface area contributed by atoms with Crippen LogP contribution in [0.3, 0.4) is 0 Å². The van der Waals surface area contributed by atoms with E-state index in [2.05, 4.69) is 10.3 Å². The van der Waals surface area contributed by atoms with Crippen LogP contribution in [0, 0.1) is 0 Å². The molecule has 0 aliphatic carbocycles. The Bertz CT molecular complexity index is 1210. The van der Waals surface area contributed by atoms with Crippen molar-refractivity contribution in [2.75, 3.05) is 18.4 Å². The molecule has 1 aliphatic rings. The number of pyridine rings is 1. The van der Waals surface area contributed by atoms with Crippen molar-refractivity contribution in [3.63, 3.8) is 0 Å². The summed E-state index contributed by atoms with van der Waals surface area (Å²) in [6.45, 7) is 4.87. The van der Waals surface area contributed by atoms with Crippen molar-refractivity contribution in [1.29, 1.82) is 0 Å². The summed E-state index contributed by atoms with van der Waals surface area (Å²) in [5, 5.41) is 2.59. The Morgan fingerprint density at radius 2 is 1.78 bits per heavy atom. The third-order valence-corrected chi connectivity index (χ3v) is 6.83. The van der Waals surface area contributed by atoms with Gasteiger partial charge in [-0.1, -0.05) is 18.2 Å². The number of rotatable bonds is 7. The van der Waals surface area contributed by atoms with Gasteiger partial charge in [-0.05, 0) is 68.4 Å². The highest BCUT2D eigenvalue weighted by atomic mass is 19.4. The monoisotopic (exact) mass is 512 g/mol. The third kappa shape index (κ3) is 6.58. The molecule has 3 heterocycles. The van der Waals surface area contributed by atoms with Gasteiger partial charge in [-0.15, -0.1) is 0 Å². The lowest BCUT2D eigenvalue weighted by molar-refractivity contribution is -0.138. The van der Waals surface area contributed by atoms with E-state index in [0.717, 1.165) is 30.2 Å². The van der Waals surface area contributed by atoms with Crippen molar-refractivity contribution in [1.82, 2.24) is 14.5 Å². The number of amides is 2. The highest BCUT2D eigenvalue weighted by Crippen LogP contribution is 2.34. The van der Waals surface area contributed by atoms with E-state index < -0.39 is 23.2 Å². The van der Waals surface area contributed by atoms with E-state index in [-0.39, 0.29) is 17.9 Å². The number of aryl methyl sites for hydroxylation is 1. The number of alkyl halides is 3. The zero-order chi connectivity index (χ0) is 26.6. The summed E-state index contributed by atoms with van der Waals surface area (Å²) in [5.41, 5.74) is 1.22. The second-order valence-electron chi connectivity index (χ2n) is 9.72. The molecule has 0 saturated carbocycles. The Hall–Kier alpha value is -3.62. The van der Waals surface area contributed by atoms with Crippen LogP contribution < -0.4 is 5.32 Å². The Labute approximate surface area is 214 Å². The molecule has 9 heteroatoms. The summed E-state index contributed by atoms with van der Waals surface area (Å²) >= 11 is 0. The first kappa shape index (κ1) is 26.4. The number of nitrogens with one attached hydrogen (secondary N) is 1. The number of carbonyl (C=O) groups is 2. The number of hydrogen-bond donors (Lipinski definition) is 1. The number of likely N-dealkylation sites (tertiary alicyclic amines) is 1. The highest BCUT2D eigenvalue weighted by Gasteiger charge is 2.37. The lowest BCUT2D eigenvalue weighted by Crippen LogP contribution is -2.38. The van der Waals surface area contributed by atoms with Crippen LogP contribution >= 0.6 is 0 Å². The molecule has 2 amide bonds. The molecule has 1 fully saturated rings. The lowest BCUT2D eigenvalue weighted by Gasteiger charge is -2.32. The molecule has 0 radical (unpaired) electrons. The van der Waals surface area contributed by atoms with Crippen molar-refractivity contribution >= 4 is 17.5 Å². The molecule has 196 valence electrons. The highest BCUT2D eigenvalue weighted by molar-refractivity contribution is 6.05. The zero-order valence-electron chi connectivity index (χ0n) is 21.0. The predicted molar refractivity (Wildman–Crippen MR) is 135 cm³/mol. The first-order chi connectivity index (χ1) is 17.6. The van der Waals surface area contributed by atoms with Crippen LogP contribution in [-0.4, -0.2) is 39.4 Å². The van der Waals surface area contributed by atoms with Crippen LogP contribution in [0.2, 0.25) is 0 Å². The average Bonchev–Trinajstić information content (AvgIpc) is 3.36. The minimum absolute atomic E-state index is 0.143. The average molecular weight is 513 g/mol. The van der Waals surface area contributed by atoms with Crippen LogP contribution in [0.15, 0.2) is 61.2 Å². The Morgan fingerprint density at radius 3 is 2.38 bits per heavy atom. The van der Waals surface area contributed by atoms with E-state index in [9.17, 15) is 22.8 Å². The molecule has 3 aromatic rings. The van der Waals surface area contributed by atoms with Crippen molar-refractivity contribution in [2.45, 2.75) is 57.7 Å². The predicted octanol–water partition coefficient (Wildman–Crippen LogP) is 6.07. The summed E-state index contributed by atoms with van der Waals surface area (Å²) < 4.78 is 41.8. The molecule has 0 unspecified atom stereocenters. The fourth-order valence-corrected chi connectivity index (χ4v) is 4.63. The molecule has 1 aliphatic heterocycles. The maximum Gasteiger partial charge on any atom is 0.418 e. The maximum absolute atomic E-state index is 13.5. The summed E-state index contributed by atoms with van der Waals surface area (Å²) in [4.78, 5) is 31.3. The standard InChI is InChI=1S/C28H31F3N4O2/c1-19(2)35-17-24(25(18-35)28(29,30)31)27(37)33-23-8-6-21(7-9-23)22-11-14-34(15-12-22)26(36)10-5-20-4-3-13-32-16-20/h3-4,6-9,13,16-19,22H,5,10-12,14-15H2,1-2H3,(H,33,37). The third-order valence-electron chi connectivity index (χ3n) is 6.83. The Morgan fingerprint density at radius 1 is 1.08 bits per heavy atom. The molecule has 2 aromatic heterocycles. The molecule has 1 N–H and O–H groups in total. The molecule has 37 heavy (non-hydrogen) atoms. The molecule has 4 rings (SSSR count). The molecular weight excluding hydrogens is 481 g/mol. The summed E-state index contributed by atoms with van der Waals surface area (Å²) in [7, 11) is 0. The van der Waals surface area contributed by atoms with Gasteiger partial charge in [0.25, 0.3) is 5.91 Å². The van der Waals surface area contributed by atoms with Gasteiger partial charge in [0.1, 0.15) is 0 Å². The van der Waals surface area contributed by atoms with Gasteiger partial charge in [-0.2, -0.15) is 13.2 Å². The van der Waals surface area contributed by atoms with Crippen molar-refractivity contribution in [2.24, 2.45) is 0 Å². The molecule has 0 spiro atoms. The molecule has 0 bridgehead atoms. The van der Waals surface area contributed by atoms with Crippen LogP contribution in [0.1, 0.15) is 72.1 Å². The van der Waals surface area contributed by atoms with Gasteiger partial charge >= 0.3 is 6.18 Å². The van der Waals surface area contributed by atoms with Crippen LogP contribution in [0.4, 0.5) is 18.9 Å². The van der Waals surface area contributed by atoms with E-state index in [1.54, 1.807) is 38.4 Å². The SMILES string of the molecule is CC(C)n1cc(C(=O)Nc2ccc(C3CCN(C(=O)CCc4cccnc4)CC3)cc2)c(C(F)(F)F)c1. The number of nitrogens with zero attached hydrogens (tertiary/aromatic N) is 3. The van der Waals surface area contributed by atoms with E-state index in [4.69, 9.17) is 0 Å². The van der Waals surface area contributed by atoms with Gasteiger partial charge in [0.2, 0.25) is 5.91 Å². The van der Waals surface area contributed by atoms with Crippen molar-refractivity contribution in [3.05, 3.63) is 83.4 Å². The normalized spacial score (nSPS) is 14.7. The number of aromatic nitrogens is 2. The fraction of sp³-hybridized carbons (Fsp3) is 0.393. The zero-order valence-corrected chi connectivity index (χ0v) is 21.0. The topological polar surface area (TPSA) is 67.2 Å². The van der Waals surface area contributed by atoms with Gasteiger partial charge in [0, 0.05) is 56.0 Å². The van der Waals surface area contributed by atoms with E-state index >= 15 is 0 Å². The molecule has 1 aromatic carbocycles. The van der Waals surface area contributed by atoms with Gasteiger partial charge in [-0.3, -0.25) is 14.6 Å². The number of piperidine rings is 1. The number of halogens is 3. The molecule has 1 saturated heterocycles. The Balaban J connectivity index is 1.32. The number of anilines is 1. The number of carbonyl (C=O) groups excluding carboxylic acids is 2. The van der Waals surface area contributed by atoms with E-state index in [1.807, 2.05) is 29.2 Å². The largest absolute Gasteiger partial charge is 0.418 e. The first-order valence-corrected chi connectivity index (χ1v) is 12.5. The van der Waals surface area contributed by atoms with E-state index in [1.165, 1.54) is 10.8 Å².